The Morgan fingerprint density at radius 1 is 1.50 bits per heavy atom. The van der Waals surface area contributed by atoms with Crippen molar-refractivity contribution in [1.82, 2.24) is 4.98 Å². The number of pyridine rings is 1. The second kappa shape index (κ2) is 5.38. The molecule has 1 rings (SSSR count). The number of aromatic nitrogens is 1. The normalized spacial score (nSPS) is 11.4. The molecule has 0 amide bonds. The monoisotopic (exact) mass is 287 g/mol. The average molecular weight is 288 g/mol. The first-order valence-electron chi connectivity index (χ1n) is 4.44. The van der Waals surface area contributed by atoms with Crippen LogP contribution in [0.1, 0.15) is 11.1 Å². The zero-order valence-electron chi connectivity index (χ0n) is 8.59. The molecule has 1 aromatic rings. The Labute approximate surface area is 103 Å². The van der Waals surface area contributed by atoms with Crippen molar-refractivity contribution in [2.45, 2.75) is 18.7 Å². The molecule has 0 bridgehead atoms. The van der Waals surface area contributed by atoms with Gasteiger partial charge in [-0.1, -0.05) is 0 Å². The van der Waals surface area contributed by atoms with Gasteiger partial charge in [0.15, 0.2) is 0 Å². The molecule has 4 nitrogen and oxygen atoms in total. The molecule has 0 aromatic carbocycles. The lowest BCUT2D eigenvalue weighted by atomic mass is 10.1. The zero-order chi connectivity index (χ0) is 13.9. The van der Waals surface area contributed by atoms with E-state index in [0.717, 1.165) is 6.20 Å². The number of aliphatic carboxylic acids is 1. The molecule has 1 heterocycles. The summed E-state index contributed by atoms with van der Waals surface area (Å²) in [6.45, 7) is 0. The van der Waals surface area contributed by atoms with E-state index in [1.807, 2.05) is 0 Å². The predicted molar refractivity (Wildman–Crippen MR) is 51.8 cm³/mol. The van der Waals surface area contributed by atoms with Crippen LogP contribution in [0.4, 0.5) is 17.6 Å². The number of hydrogen-bond acceptors (Lipinski definition) is 3. The first-order valence-corrected chi connectivity index (χ1v) is 4.97. The van der Waals surface area contributed by atoms with E-state index in [0.29, 0.717) is 0 Å². The van der Waals surface area contributed by atoms with E-state index in [9.17, 15) is 22.4 Å². The van der Waals surface area contributed by atoms with E-state index < -0.39 is 41.9 Å². The maximum Gasteiger partial charge on any atom is 0.573 e. The minimum atomic E-state index is -5.08. The standard InChI is InChI=1S/C9H6ClF4NO3/c10-2-4-3-15-8(11)5(1-6(16)17)7(4)18-9(12,13)14/h3H,1-2H2,(H,16,17). The molecule has 18 heavy (non-hydrogen) atoms. The Hall–Kier alpha value is -1.57. The van der Waals surface area contributed by atoms with Gasteiger partial charge in [-0.25, -0.2) is 4.98 Å². The van der Waals surface area contributed by atoms with Gasteiger partial charge in [-0.05, 0) is 0 Å². The summed E-state index contributed by atoms with van der Waals surface area (Å²) in [5.41, 5.74) is -1.04. The lowest BCUT2D eigenvalue weighted by Crippen LogP contribution is -2.21. The highest BCUT2D eigenvalue weighted by Crippen LogP contribution is 2.32. The SMILES string of the molecule is O=C(O)Cc1c(F)ncc(CCl)c1OC(F)(F)F. The largest absolute Gasteiger partial charge is 0.573 e. The predicted octanol–water partition coefficient (Wildman–Crippen LogP) is 2.49. The number of carboxylic acids is 1. The number of carboxylic acid groups (broad SMARTS) is 1. The van der Waals surface area contributed by atoms with Gasteiger partial charge in [-0.15, -0.1) is 24.8 Å². The minimum Gasteiger partial charge on any atom is -0.481 e. The second-order valence-corrected chi connectivity index (χ2v) is 3.40. The molecule has 0 saturated heterocycles. The molecule has 1 N–H and O–H groups in total. The van der Waals surface area contributed by atoms with Crippen molar-refractivity contribution in [3.63, 3.8) is 0 Å². The van der Waals surface area contributed by atoms with Gasteiger partial charge < -0.3 is 9.84 Å². The third-order valence-electron chi connectivity index (χ3n) is 1.84. The summed E-state index contributed by atoms with van der Waals surface area (Å²) in [4.78, 5) is 13.6. The van der Waals surface area contributed by atoms with E-state index in [4.69, 9.17) is 16.7 Å². The highest BCUT2D eigenvalue weighted by Gasteiger charge is 2.34. The van der Waals surface area contributed by atoms with Crippen LogP contribution >= 0.6 is 11.6 Å². The summed E-state index contributed by atoms with van der Waals surface area (Å²) in [5, 5.41) is 8.51. The molecule has 0 aliphatic carbocycles. The molecule has 9 heteroatoms. The van der Waals surface area contributed by atoms with Gasteiger partial charge in [0.25, 0.3) is 0 Å². The summed E-state index contributed by atoms with van der Waals surface area (Å²) < 4.78 is 53.3. The third kappa shape index (κ3) is 3.73. The topological polar surface area (TPSA) is 59.4 Å². The summed E-state index contributed by atoms with van der Waals surface area (Å²) in [5.74, 6) is -4.24. The van der Waals surface area contributed by atoms with Crippen LogP contribution in [0.5, 0.6) is 5.75 Å². The number of rotatable bonds is 4. The molecular weight excluding hydrogens is 282 g/mol. The van der Waals surface area contributed by atoms with E-state index in [1.165, 1.54) is 0 Å². The third-order valence-corrected chi connectivity index (χ3v) is 2.13. The van der Waals surface area contributed by atoms with Crippen molar-refractivity contribution >= 4 is 17.6 Å². The molecule has 0 aliphatic rings. The van der Waals surface area contributed by atoms with Gasteiger partial charge in [0.2, 0.25) is 5.95 Å². The smallest absolute Gasteiger partial charge is 0.481 e. The minimum absolute atomic E-state index is 0.244. The average Bonchev–Trinajstić information content (AvgIpc) is 2.21. The first kappa shape index (κ1) is 14.5. The van der Waals surface area contributed by atoms with Gasteiger partial charge in [0.05, 0.1) is 17.9 Å². The second-order valence-electron chi connectivity index (χ2n) is 3.13. The Balaban J connectivity index is 3.31. The first-order chi connectivity index (χ1) is 8.24. The molecule has 0 fully saturated rings. The number of hydrogen-bond donors (Lipinski definition) is 1. The molecule has 0 aliphatic heterocycles. The van der Waals surface area contributed by atoms with Crippen LogP contribution in [0.3, 0.4) is 0 Å². The van der Waals surface area contributed by atoms with Gasteiger partial charge in [-0.3, -0.25) is 4.79 Å². The number of halogens is 5. The van der Waals surface area contributed by atoms with Crippen LogP contribution in [0.25, 0.3) is 0 Å². The van der Waals surface area contributed by atoms with E-state index in [1.54, 1.807) is 0 Å². The molecule has 0 spiro atoms. The quantitative estimate of drug-likeness (QED) is 0.525. The van der Waals surface area contributed by atoms with Crippen molar-refractivity contribution < 1.29 is 32.2 Å². The summed E-state index contributed by atoms with van der Waals surface area (Å²) in [6, 6.07) is 0. The summed E-state index contributed by atoms with van der Waals surface area (Å²) >= 11 is 5.36. The lowest BCUT2D eigenvalue weighted by Gasteiger charge is -2.15. The van der Waals surface area contributed by atoms with Crippen molar-refractivity contribution in [3.8, 4) is 5.75 Å². The van der Waals surface area contributed by atoms with Crippen molar-refractivity contribution in [1.29, 1.82) is 0 Å². The highest BCUT2D eigenvalue weighted by molar-refractivity contribution is 6.17. The fourth-order valence-corrected chi connectivity index (χ4v) is 1.39. The molecule has 0 unspecified atom stereocenters. The van der Waals surface area contributed by atoms with Crippen LogP contribution in [-0.2, 0) is 17.1 Å². The molecular formula is C9H6ClF4NO3. The Morgan fingerprint density at radius 3 is 2.56 bits per heavy atom. The molecule has 100 valence electrons. The Morgan fingerprint density at radius 2 is 2.11 bits per heavy atom. The highest BCUT2D eigenvalue weighted by atomic mass is 35.5. The van der Waals surface area contributed by atoms with Crippen LogP contribution < -0.4 is 4.74 Å². The van der Waals surface area contributed by atoms with Gasteiger partial charge in [0, 0.05) is 11.8 Å². The summed E-state index contributed by atoms with van der Waals surface area (Å²) in [7, 11) is 0. The number of ether oxygens (including phenoxy) is 1. The lowest BCUT2D eigenvalue weighted by molar-refractivity contribution is -0.275. The number of nitrogens with zero attached hydrogens (tertiary/aromatic N) is 1. The van der Waals surface area contributed by atoms with Gasteiger partial charge in [-0.2, -0.15) is 4.39 Å². The van der Waals surface area contributed by atoms with Crippen molar-refractivity contribution in [2.75, 3.05) is 0 Å². The van der Waals surface area contributed by atoms with Crippen LogP contribution in [0.2, 0.25) is 0 Å². The summed E-state index contributed by atoms with van der Waals surface area (Å²) in [6.07, 6.45) is -5.31. The van der Waals surface area contributed by atoms with E-state index >= 15 is 0 Å². The number of carbonyl (C=O) groups is 1. The maximum absolute atomic E-state index is 13.2. The fourth-order valence-electron chi connectivity index (χ4n) is 1.20. The zero-order valence-corrected chi connectivity index (χ0v) is 9.35. The van der Waals surface area contributed by atoms with Crippen LogP contribution in [0.15, 0.2) is 6.20 Å². The fraction of sp³-hybridized carbons (Fsp3) is 0.333. The molecule has 1 aromatic heterocycles. The Kier molecular flexibility index (Phi) is 4.33. The molecule has 0 radical (unpaired) electrons. The van der Waals surface area contributed by atoms with E-state index in [-0.39, 0.29) is 5.56 Å². The van der Waals surface area contributed by atoms with Gasteiger partial charge in [0.1, 0.15) is 5.75 Å². The van der Waals surface area contributed by atoms with Crippen molar-refractivity contribution in [2.24, 2.45) is 0 Å². The maximum atomic E-state index is 13.2. The Bertz CT molecular complexity index is 464. The van der Waals surface area contributed by atoms with Crippen LogP contribution in [0, 0.1) is 5.95 Å². The van der Waals surface area contributed by atoms with Crippen LogP contribution in [-0.4, -0.2) is 22.4 Å². The van der Waals surface area contributed by atoms with E-state index in [2.05, 4.69) is 9.72 Å². The molecule has 0 atom stereocenters. The van der Waals surface area contributed by atoms with Crippen molar-refractivity contribution in [3.05, 3.63) is 23.3 Å². The molecule has 0 saturated carbocycles. The van der Waals surface area contributed by atoms with Gasteiger partial charge >= 0.3 is 12.3 Å². The number of alkyl halides is 4.